The van der Waals surface area contributed by atoms with Gasteiger partial charge in [0.05, 0.1) is 12.6 Å². The summed E-state index contributed by atoms with van der Waals surface area (Å²) in [5.41, 5.74) is -0.634. The number of carbonyl (C=O) groups is 1. The molecule has 8 heteroatoms. The van der Waals surface area contributed by atoms with Crippen LogP contribution in [0.4, 0.5) is 4.79 Å². The molecule has 17 heavy (non-hydrogen) atoms. The molecule has 1 rings (SSSR count). The average molecular weight is 243 g/mol. The Morgan fingerprint density at radius 1 is 1.59 bits per heavy atom. The van der Waals surface area contributed by atoms with Crippen LogP contribution >= 0.6 is 0 Å². The standard InChI is InChI=1S/C9H17N5O3/c1-7(5-15)13(14-11-6-10-12-14)8(16)17-9(2,3)4/h6-7,15H,5H2,1-4H3. The molecule has 1 aromatic heterocycles. The lowest BCUT2D eigenvalue weighted by Crippen LogP contribution is -2.51. The van der Waals surface area contributed by atoms with Gasteiger partial charge in [-0.25, -0.2) is 4.79 Å². The number of aliphatic hydroxyl groups is 1. The van der Waals surface area contributed by atoms with Crippen molar-refractivity contribution in [1.29, 1.82) is 0 Å². The van der Waals surface area contributed by atoms with Gasteiger partial charge in [-0.15, -0.1) is 10.2 Å². The van der Waals surface area contributed by atoms with E-state index in [1.807, 2.05) is 0 Å². The lowest BCUT2D eigenvalue weighted by atomic mass is 10.2. The molecule has 1 N–H and O–H groups in total. The Kier molecular flexibility index (Phi) is 4.00. The summed E-state index contributed by atoms with van der Waals surface area (Å²) in [6, 6.07) is -0.515. The molecule has 8 nitrogen and oxygen atoms in total. The van der Waals surface area contributed by atoms with Crippen LogP contribution in [-0.2, 0) is 4.74 Å². The summed E-state index contributed by atoms with van der Waals surface area (Å²) >= 11 is 0. The van der Waals surface area contributed by atoms with E-state index in [4.69, 9.17) is 9.84 Å². The summed E-state index contributed by atoms with van der Waals surface area (Å²) in [5, 5.41) is 21.1. The molecule has 1 atom stereocenters. The van der Waals surface area contributed by atoms with Gasteiger partial charge in [0, 0.05) is 0 Å². The molecule has 1 amide bonds. The van der Waals surface area contributed by atoms with E-state index in [1.165, 1.54) is 6.33 Å². The first-order valence-electron chi connectivity index (χ1n) is 5.21. The summed E-state index contributed by atoms with van der Waals surface area (Å²) < 4.78 is 5.19. The normalized spacial score (nSPS) is 13.2. The minimum atomic E-state index is -0.642. The second-order valence-corrected chi connectivity index (χ2v) is 4.56. The predicted octanol–water partition coefficient (Wildman–Crippen LogP) is -0.0730. The summed E-state index contributed by atoms with van der Waals surface area (Å²) in [6.45, 7) is 6.67. The van der Waals surface area contributed by atoms with Crippen molar-refractivity contribution in [3.63, 3.8) is 0 Å². The maximum atomic E-state index is 11.9. The van der Waals surface area contributed by atoms with Crippen LogP contribution in [0.1, 0.15) is 27.7 Å². The van der Waals surface area contributed by atoms with E-state index in [9.17, 15) is 4.79 Å². The van der Waals surface area contributed by atoms with Crippen molar-refractivity contribution >= 4 is 6.09 Å². The zero-order chi connectivity index (χ0) is 13.1. The highest BCUT2D eigenvalue weighted by molar-refractivity contribution is 5.79. The van der Waals surface area contributed by atoms with Crippen LogP contribution in [-0.4, -0.2) is 49.8 Å². The number of nitrogens with zero attached hydrogens (tertiary/aromatic N) is 5. The molecule has 96 valence electrons. The van der Waals surface area contributed by atoms with Crippen LogP contribution in [0.2, 0.25) is 0 Å². The molecule has 0 saturated carbocycles. The van der Waals surface area contributed by atoms with Gasteiger partial charge in [-0.05, 0) is 32.9 Å². The van der Waals surface area contributed by atoms with Gasteiger partial charge < -0.3 is 9.84 Å². The van der Waals surface area contributed by atoms with Gasteiger partial charge in [0.15, 0.2) is 6.33 Å². The number of carbonyl (C=O) groups excluding carboxylic acids is 1. The fraction of sp³-hybridized carbons (Fsp3) is 0.778. The van der Waals surface area contributed by atoms with Crippen molar-refractivity contribution in [3.05, 3.63) is 6.33 Å². The van der Waals surface area contributed by atoms with Gasteiger partial charge in [-0.3, -0.25) is 0 Å². The largest absolute Gasteiger partial charge is 0.442 e. The van der Waals surface area contributed by atoms with E-state index in [1.54, 1.807) is 27.7 Å². The van der Waals surface area contributed by atoms with Gasteiger partial charge in [-0.1, -0.05) is 4.91 Å². The highest BCUT2D eigenvalue weighted by atomic mass is 16.6. The molecule has 0 fully saturated rings. The SMILES string of the molecule is CC(CO)N(C(=O)OC(C)(C)C)n1ncnn1. The van der Waals surface area contributed by atoms with Gasteiger partial charge in [0.1, 0.15) is 5.60 Å². The van der Waals surface area contributed by atoms with Gasteiger partial charge >= 0.3 is 6.09 Å². The van der Waals surface area contributed by atoms with Crippen LogP contribution in [0, 0.1) is 0 Å². The first-order chi connectivity index (χ1) is 7.85. The van der Waals surface area contributed by atoms with Crippen LogP contribution in [0.15, 0.2) is 6.33 Å². The number of hydrogen-bond donors (Lipinski definition) is 1. The van der Waals surface area contributed by atoms with E-state index in [0.29, 0.717) is 0 Å². The van der Waals surface area contributed by atoms with Gasteiger partial charge in [0.2, 0.25) is 0 Å². The zero-order valence-electron chi connectivity index (χ0n) is 10.4. The summed E-state index contributed by atoms with van der Waals surface area (Å²) in [5.74, 6) is 0. The Labute approximate surface area is 99.1 Å². The number of amides is 1. The van der Waals surface area contributed by atoms with Crippen LogP contribution in [0.3, 0.4) is 0 Å². The highest BCUT2D eigenvalue weighted by Crippen LogP contribution is 2.10. The second kappa shape index (κ2) is 5.09. The van der Waals surface area contributed by atoms with Crippen molar-refractivity contribution < 1.29 is 14.6 Å². The molecule has 0 aliphatic rings. The molecular formula is C9H17N5O3. The van der Waals surface area contributed by atoms with Crippen molar-refractivity contribution in [3.8, 4) is 0 Å². The van der Waals surface area contributed by atoms with E-state index in [0.717, 1.165) is 9.91 Å². The number of hydrogen-bond acceptors (Lipinski definition) is 6. The Hall–Kier alpha value is -1.70. The molecule has 0 radical (unpaired) electrons. The molecular weight excluding hydrogens is 226 g/mol. The molecule has 1 heterocycles. The number of ether oxygens (including phenoxy) is 1. The fourth-order valence-electron chi connectivity index (χ4n) is 1.08. The van der Waals surface area contributed by atoms with E-state index < -0.39 is 17.7 Å². The fourth-order valence-corrected chi connectivity index (χ4v) is 1.08. The Bertz CT molecular complexity index is 359. The molecule has 0 saturated heterocycles. The second-order valence-electron chi connectivity index (χ2n) is 4.56. The first kappa shape index (κ1) is 13.4. The van der Waals surface area contributed by atoms with Crippen molar-refractivity contribution in [2.75, 3.05) is 11.6 Å². The van der Waals surface area contributed by atoms with Gasteiger partial charge in [-0.2, -0.15) is 5.01 Å². The summed E-state index contributed by atoms with van der Waals surface area (Å²) in [7, 11) is 0. The lowest BCUT2D eigenvalue weighted by molar-refractivity contribution is 0.0481. The lowest BCUT2D eigenvalue weighted by Gasteiger charge is -2.28. The molecule has 1 unspecified atom stereocenters. The summed E-state index contributed by atoms with van der Waals surface area (Å²) in [4.78, 5) is 12.9. The first-order valence-corrected chi connectivity index (χ1v) is 5.21. The zero-order valence-corrected chi connectivity index (χ0v) is 10.4. The maximum Gasteiger partial charge on any atom is 0.432 e. The Morgan fingerprint density at radius 3 is 2.65 bits per heavy atom. The molecule has 0 aliphatic heterocycles. The maximum absolute atomic E-state index is 11.9. The minimum Gasteiger partial charge on any atom is -0.442 e. The van der Waals surface area contributed by atoms with E-state index >= 15 is 0 Å². The van der Waals surface area contributed by atoms with Crippen molar-refractivity contribution in [2.24, 2.45) is 0 Å². The highest BCUT2D eigenvalue weighted by Gasteiger charge is 2.28. The van der Waals surface area contributed by atoms with Crippen LogP contribution in [0.5, 0.6) is 0 Å². The molecule has 1 aromatic rings. The minimum absolute atomic E-state index is 0.235. The topological polar surface area (TPSA) is 93.4 Å². The third-order valence-corrected chi connectivity index (χ3v) is 1.79. The van der Waals surface area contributed by atoms with Crippen LogP contribution < -0.4 is 5.01 Å². The number of tetrazole rings is 1. The predicted molar refractivity (Wildman–Crippen MR) is 58.8 cm³/mol. The smallest absolute Gasteiger partial charge is 0.432 e. The quantitative estimate of drug-likeness (QED) is 0.798. The molecule has 0 aromatic carbocycles. The van der Waals surface area contributed by atoms with Gasteiger partial charge in [0.25, 0.3) is 0 Å². The van der Waals surface area contributed by atoms with Crippen molar-refractivity contribution in [2.45, 2.75) is 39.3 Å². The van der Waals surface area contributed by atoms with E-state index in [2.05, 4.69) is 15.4 Å². The number of rotatable bonds is 3. The Balaban J connectivity index is 2.88. The summed E-state index contributed by atoms with van der Waals surface area (Å²) in [6.07, 6.45) is 0.554. The van der Waals surface area contributed by atoms with E-state index in [-0.39, 0.29) is 6.61 Å². The van der Waals surface area contributed by atoms with Crippen LogP contribution in [0.25, 0.3) is 0 Å². The molecule has 0 spiro atoms. The monoisotopic (exact) mass is 243 g/mol. The number of aromatic nitrogens is 4. The van der Waals surface area contributed by atoms with Crippen molar-refractivity contribution in [1.82, 2.24) is 20.3 Å². The third kappa shape index (κ3) is 3.66. The average Bonchev–Trinajstić information content (AvgIpc) is 2.68. The molecule has 0 aliphatic carbocycles. The molecule has 0 bridgehead atoms. The third-order valence-electron chi connectivity index (χ3n) is 1.79. The Morgan fingerprint density at radius 2 is 2.24 bits per heavy atom. The number of aliphatic hydroxyl groups excluding tert-OH is 1.